The molecule has 1 N–H and O–H groups in total. The maximum atomic E-state index is 11.4. The van der Waals surface area contributed by atoms with Gasteiger partial charge in [0.1, 0.15) is 5.75 Å². The molecule has 74 valence electrons. The largest absolute Gasteiger partial charge is 0.495 e. The number of amides is 1. The lowest BCUT2D eigenvalue weighted by Gasteiger charge is -2.04. The number of nitrogens with zero attached hydrogens (tertiary/aromatic N) is 1. The van der Waals surface area contributed by atoms with Crippen LogP contribution < -0.4 is 10.1 Å². The first kappa shape index (κ1) is 8.99. The molecule has 0 bridgehead atoms. The smallest absolute Gasteiger partial charge is 0.227 e. The number of pyridine rings is 1. The normalized spacial score (nSPS) is 14.9. The highest BCUT2D eigenvalue weighted by atomic mass is 16.5. The number of carbonyl (C=O) groups is 1. The Labute approximate surface area is 82.3 Å². The van der Waals surface area contributed by atoms with Crippen molar-refractivity contribution < 1.29 is 9.53 Å². The van der Waals surface area contributed by atoms with Gasteiger partial charge < -0.3 is 10.1 Å². The molecule has 14 heavy (non-hydrogen) atoms. The van der Waals surface area contributed by atoms with E-state index in [1.54, 1.807) is 25.6 Å². The van der Waals surface area contributed by atoms with E-state index in [1.165, 1.54) is 0 Å². The van der Waals surface area contributed by atoms with Crippen LogP contribution in [-0.4, -0.2) is 18.0 Å². The van der Waals surface area contributed by atoms with Crippen LogP contribution in [0.4, 0.5) is 5.69 Å². The van der Waals surface area contributed by atoms with Gasteiger partial charge in [0.25, 0.3) is 0 Å². The minimum Gasteiger partial charge on any atom is -0.495 e. The van der Waals surface area contributed by atoms with Crippen molar-refractivity contribution in [3.8, 4) is 5.75 Å². The van der Waals surface area contributed by atoms with Crippen molar-refractivity contribution in [3.05, 3.63) is 18.5 Å². The van der Waals surface area contributed by atoms with Crippen LogP contribution >= 0.6 is 0 Å². The molecule has 1 aromatic heterocycles. The maximum absolute atomic E-state index is 11.4. The highest BCUT2D eigenvalue weighted by Crippen LogP contribution is 2.30. The Morgan fingerprint density at radius 2 is 2.36 bits per heavy atom. The monoisotopic (exact) mass is 192 g/mol. The summed E-state index contributed by atoms with van der Waals surface area (Å²) in [6.45, 7) is 0. The van der Waals surface area contributed by atoms with Gasteiger partial charge in [-0.15, -0.1) is 0 Å². The van der Waals surface area contributed by atoms with Gasteiger partial charge in [-0.25, -0.2) is 0 Å². The predicted octanol–water partition coefficient (Wildman–Crippen LogP) is 1.44. The number of nitrogens with one attached hydrogen (secondary N) is 1. The van der Waals surface area contributed by atoms with Crippen LogP contribution in [0.15, 0.2) is 18.5 Å². The molecule has 0 unspecified atom stereocenters. The summed E-state index contributed by atoms with van der Waals surface area (Å²) in [5.74, 6) is 0.944. The lowest BCUT2D eigenvalue weighted by atomic mass is 10.3. The molecule has 4 heteroatoms. The van der Waals surface area contributed by atoms with Gasteiger partial charge >= 0.3 is 0 Å². The summed E-state index contributed by atoms with van der Waals surface area (Å²) in [6.07, 6.45) is 5.22. The molecule has 1 aromatic rings. The average molecular weight is 192 g/mol. The molecule has 1 saturated carbocycles. The summed E-state index contributed by atoms with van der Waals surface area (Å²) in [4.78, 5) is 15.3. The van der Waals surface area contributed by atoms with E-state index in [4.69, 9.17) is 4.74 Å². The van der Waals surface area contributed by atoms with E-state index in [-0.39, 0.29) is 11.8 Å². The van der Waals surface area contributed by atoms with Crippen LogP contribution in [-0.2, 0) is 4.79 Å². The van der Waals surface area contributed by atoms with Gasteiger partial charge in [0, 0.05) is 12.0 Å². The van der Waals surface area contributed by atoms with Crippen LogP contribution in [0.3, 0.4) is 0 Å². The average Bonchev–Trinajstić information content (AvgIpc) is 3.01. The summed E-state index contributed by atoms with van der Waals surface area (Å²) in [7, 11) is 1.57. The molecule has 2 rings (SSSR count). The number of carbonyl (C=O) groups excluding carboxylic acids is 1. The number of aromatic nitrogens is 1. The lowest BCUT2D eigenvalue weighted by molar-refractivity contribution is -0.117. The molecule has 1 aliphatic carbocycles. The van der Waals surface area contributed by atoms with E-state index in [2.05, 4.69) is 10.3 Å². The lowest BCUT2D eigenvalue weighted by Crippen LogP contribution is -2.13. The predicted molar refractivity (Wildman–Crippen MR) is 52.1 cm³/mol. The second-order valence-corrected chi connectivity index (χ2v) is 3.38. The standard InChI is InChI=1S/C10H12N2O2/c1-14-9-4-8(5-11-6-9)12-10(13)7-2-3-7/h4-7H,2-3H2,1H3,(H,12,13). The van der Waals surface area contributed by atoms with Crippen molar-refractivity contribution >= 4 is 11.6 Å². The van der Waals surface area contributed by atoms with Gasteiger partial charge in [-0.2, -0.15) is 0 Å². The van der Waals surface area contributed by atoms with Crippen LogP contribution in [0.5, 0.6) is 5.75 Å². The maximum Gasteiger partial charge on any atom is 0.227 e. The first-order valence-electron chi connectivity index (χ1n) is 4.59. The van der Waals surface area contributed by atoms with E-state index in [0.717, 1.165) is 12.8 Å². The molecular weight excluding hydrogens is 180 g/mol. The Morgan fingerprint density at radius 1 is 1.57 bits per heavy atom. The Hall–Kier alpha value is -1.58. The quantitative estimate of drug-likeness (QED) is 0.788. The van der Waals surface area contributed by atoms with Gasteiger partial charge in [0.15, 0.2) is 0 Å². The molecule has 0 saturated heterocycles. The third-order valence-electron chi connectivity index (χ3n) is 2.16. The number of anilines is 1. The summed E-state index contributed by atoms with van der Waals surface area (Å²) < 4.78 is 5.00. The number of rotatable bonds is 3. The molecule has 1 aliphatic rings. The van der Waals surface area contributed by atoms with Gasteiger partial charge in [0.05, 0.1) is 25.2 Å². The SMILES string of the molecule is COc1cncc(NC(=O)C2CC2)c1. The summed E-state index contributed by atoms with van der Waals surface area (Å²) in [5, 5.41) is 2.80. The van der Waals surface area contributed by atoms with Gasteiger partial charge in [-0.05, 0) is 12.8 Å². The molecule has 0 radical (unpaired) electrons. The van der Waals surface area contributed by atoms with E-state index in [0.29, 0.717) is 11.4 Å². The number of hydrogen-bond acceptors (Lipinski definition) is 3. The van der Waals surface area contributed by atoms with Crippen molar-refractivity contribution in [1.82, 2.24) is 4.98 Å². The van der Waals surface area contributed by atoms with Gasteiger partial charge in [0.2, 0.25) is 5.91 Å². The minimum absolute atomic E-state index is 0.0834. The van der Waals surface area contributed by atoms with Crippen molar-refractivity contribution in [2.24, 2.45) is 5.92 Å². The third kappa shape index (κ3) is 2.02. The van der Waals surface area contributed by atoms with Crippen LogP contribution in [0.1, 0.15) is 12.8 Å². The molecule has 0 spiro atoms. The van der Waals surface area contributed by atoms with Crippen LogP contribution in [0.2, 0.25) is 0 Å². The van der Waals surface area contributed by atoms with E-state index in [9.17, 15) is 4.79 Å². The molecule has 1 fully saturated rings. The minimum atomic E-state index is 0.0834. The van der Waals surface area contributed by atoms with E-state index < -0.39 is 0 Å². The van der Waals surface area contributed by atoms with Crippen molar-refractivity contribution in [2.75, 3.05) is 12.4 Å². The number of hydrogen-bond donors (Lipinski definition) is 1. The first-order valence-corrected chi connectivity index (χ1v) is 4.59. The molecule has 0 aromatic carbocycles. The van der Waals surface area contributed by atoms with Crippen molar-refractivity contribution in [3.63, 3.8) is 0 Å². The van der Waals surface area contributed by atoms with Crippen LogP contribution in [0, 0.1) is 5.92 Å². The van der Waals surface area contributed by atoms with E-state index >= 15 is 0 Å². The summed E-state index contributed by atoms with van der Waals surface area (Å²) in [6, 6.07) is 1.76. The highest BCUT2D eigenvalue weighted by molar-refractivity contribution is 5.93. The van der Waals surface area contributed by atoms with E-state index in [1.807, 2.05) is 0 Å². The van der Waals surface area contributed by atoms with Gasteiger partial charge in [-0.1, -0.05) is 0 Å². The molecular formula is C10H12N2O2. The Kier molecular flexibility index (Phi) is 2.35. The number of methoxy groups -OCH3 is 1. The fourth-order valence-corrected chi connectivity index (χ4v) is 1.19. The summed E-state index contributed by atoms with van der Waals surface area (Å²) in [5.41, 5.74) is 0.696. The Bertz CT molecular complexity index is 348. The number of ether oxygens (including phenoxy) is 1. The van der Waals surface area contributed by atoms with Gasteiger partial charge in [-0.3, -0.25) is 9.78 Å². The first-order chi connectivity index (χ1) is 6.79. The van der Waals surface area contributed by atoms with Crippen LogP contribution in [0.25, 0.3) is 0 Å². The molecule has 1 heterocycles. The highest BCUT2D eigenvalue weighted by Gasteiger charge is 2.29. The fourth-order valence-electron chi connectivity index (χ4n) is 1.19. The molecule has 1 amide bonds. The molecule has 4 nitrogen and oxygen atoms in total. The zero-order valence-corrected chi connectivity index (χ0v) is 7.99. The molecule has 0 aliphatic heterocycles. The Balaban J connectivity index is 2.04. The topological polar surface area (TPSA) is 51.2 Å². The zero-order chi connectivity index (χ0) is 9.97. The summed E-state index contributed by atoms with van der Waals surface area (Å²) >= 11 is 0. The second-order valence-electron chi connectivity index (χ2n) is 3.38. The zero-order valence-electron chi connectivity index (χ0n) is 7.99. The van der Waals surface area contributed by atoms with Crippen molar-refractivity contribution in [2.45, 2.75) is 12.8 Å². The third-order valence-corrected chi connectivity index (χ3v) is 2.16. The molecule has 0 atom stereocenters. The second kappa shape index (κ2) is 3.65. The van der Waals surface area contributed by atoms with Crippen molar-refractivity contribution in [1.29, 1.82) is 0 Å². The Morgan fingerprint density at radius 3 is 3.00 bits per heavy atom. The fraction of sp³-hybridized carbons (Fsp3) is 0.400.